The summed E-state index contributed by atoms with van der Waals surface area (Å²) in [6, 6.07) is 5.94. The lowest BCUT2D eigenvalue weighted by molar-refractivity contribution is 0.0976. The highest BCUT2D eigenvalue weighted by Gasteiger charge is 2.27. The molecule has 5 nitrogen and oxygen atoms in total. The highest BCUT2D eigenvalue weighted by atomic mass is 16.5. The van der Waals surface area contributed by atoms with Gasteiger partial charge in [-0.15, -0.1) is 0 Å². The summed E-state index contributed by atoms with van der Waals surface area (Å²) in [7, 11) is 0. The Hall–Kier alpha value is -2.30. The van der Waals surface area contributed by atoms with E-state index in [2.05, 4.69) is 12.0 Å². The molecule has 23 heavy (non-hydrogen) atoms. The Labute approximate surface area is 136 Å². The number of aryl methyl sites for hydroxylation is 3. The van der Waals surface area contributed by atoms with Crippen LogP contribution in [0, 0.1) is 13.8 Å². The van der Waals surface area contributed by atoms with Crippen LogP contribution in [0.2, 0.25) is 0 Å². The number of unbranched alkanes of at least 4 members (excludes halogenated alkanes) is 1. The van der Waals surface area contributed by atoms with Crippen molar-refractivity contribution in [2.45, 2.75) is 40.2 Å². The first kappa shape index (κ1) is 15.6. The quantitative estimate of drug-likeness (QED) is 0.870. The highest BCUT2D eigenvalue weighted by molar-refractivity contribution is 6.07. The maximum absolute atomic E-state index is 13.0. The van der Waals surface area contributed by atoms with Gasteiger partial charge in [-0.1, -0.05) is 19.4 Å². The van der Waals surface area contributed by atoms with Gasteiger partial charge in [-0.2, -0.15) is 5.10 Å². The number of aromatic nitrogens is 2. The molecule has 122 valence electrons. The Morgan fingerprint density at radius 3 is 2.96 bits per heavy atom. The second-order valence-corrected chi connectivity index (χ2v) is 6.02. The van der Waals surface area contributed by atoms with Gasteiger partial charge in [0.2, 0.25) is 0 Å². The average Bonchev–Trinajstić information content (AvgIpc) is 2.92. The molecule has 0 aliphatic carbocycles. The maximum Gasteiger partial charge on any atom is 0.261 e. The van der Waals surface area contributed by atoms with Gasteiger partial charge >= 0.3 is 0 Å². The monoisotopic (exact) mass is 313 g/mol. The van der Waals surface area contributed by atoms with Crippen LogP contribution in [0.3, 0.4) is 0 Å². The van der Waals surface area contributed by atoms with Crippen molar-refractivity contribution in [2.75, 3.05) is 18.1 Å². The van der Waals surface area contributed by atoms with Crippen molar-refractivity contribution in [1.82, 2.24) is 9.78 Å². The SMILES string of the molecule is CCCCn1cc(C(=O)N2CCOc3cc(C)ccc32)c(C)n1. The third-order valence-electron chi connectivity index (χ3n) is 4.14. The van der Waals surface area contributed by atoms with Gasteiger partial charge in [-0.3, -0.25) is 9.48 Å². The molecule has 0 saturated heterocycles. The normalized spacial score (nSPS) is 13.6. The first-order valence-corrected chi connectivity index (χ1v) is 8.19. The Kier molecular flexibility index (Phi) is 4.37. The van der Waals surface area contributed by atoms with Crippen LogP contribution in [-0.2, 0) is 6.54 Å². The van der Waals surface area contributed by atoms with Gasteiger partial charge < -0.3 is 9.64 Å². The van der Waals surface area contributed by atoms with E-state index in [0.717, 1.165) is 42.1 Å². The largest absolute Gasteiger partial charge is 0.490 e. The molecule has 0 radical (unpaired) electrons. The lowest BCUT2D eigenvalue weighted by Crippen LogP contribution is -2.38. The minimum Gasteiger partial charge on any atom is -0.490 e. The molecule has 2 heterocycles. The number of amides is 1. The molecule has 0 N–H and O–H groups in total. The van der Waals surface area contributed by atoms with Gasteiger partial charge in [0, 0.05) is 12.7 Å². The number of fused-ring (bicyclic) bond motifs is 1. The minimum atomic E-state index is -0.00125. The van der Waals surface area contributed by atoms with Crippen molar-refractivity contribution in [3.63, 3.8) is 0 Å². The molecule has 5 heteroatoms. The van der Waals surface area contributed by atoms with Crippen molar-refractivity contribution in [3.05, 3.63) is 41.2 Å². The molecule has 1 amide bonds. The van der Waals surface area contributed by atoms with Gasteiger partial charge in [0.1, 0.15) is 12.4 Å². The fraction of sp³-hybridized carbons (Fsp3) is 0.444. The zero-order valence-electron chi connectivity index (χ0n) is 14.0. The zero-order valence-corrected chi connectivity index (χ0v) is 14.0. The number of carbonyl (C=O) groups is 1. The van der Waals surface area contributed by atoms with Crippen LogP contribution in [-0.4, -0.2) is 28.8 Å². The summed E-state index contributed by atoms with van der Waals surface area (Å²) < 4.78 is 7.57. The Morgan fingerprint density at radius 1 is 1.35 bits per heavy atom. The number of hydrogen-bond donors (Lipinski definition) is 0. The van der Waals surface area contributed by atoms with Crippen LogP contribution in [0.4, 0.5) is 5.69 Å². The van der Waals surface area contributed by atoms with E-state index >= 15 is 0 Å². The van der Waals surface area contributed by atoms with Crippen molar-refractivity contribution >= 4 is 11.6 Å². The molecule has 0 fully saturated rings. The lowest BCUT2D eigenvalue weighted by Gasteiger charge is -2.29. The highest BCUT2D eigenvalue weighted by Crippen LogP contribution is 2.33. The lowest BCUT2D eigenvalue weighted by atomic mass is 10.1. The summed E-state index contributed by atoms with van der Waals surface area (Å²) in [6.45, 7) is 8.00. The van der Waals surface area contributed by atoms with Crippen LogP contribution in [0.15, 0.2) is 24.4 Å². The second-order valence-electron chi connectivity index (χ2n) is 6.02. The zero-order chi connectivity index (χ0) is 16.4. The van der Waals surface area contributed by atoms with Gasteiger partial charge in [0.15, 0.2) is 0 Å². The number of rotatable bonds is 4. The molecule has 2 aromatic rings. The van der Waals surface area contributed by atoms with E-state index in [4.69, 9.17) is 4.74 Å². The summed E-state index contributed by atoms with van der Waals surface area (Å²) in [5.41, 5.74) is 3.43. The number of hydrogen-bond acceptors (Lipinski definition) is 3. The number of anilines is 1. The van der Waals surface area contributed by atoms with Crippen molar-refractivity contribution < 1.29 is 9.53 Å². The van der Waals surface area contributed by atoms with Gasteiger partial charge in [0.05, 0.1) is 23.5 Å². The molecular formula is C18H23N3O2. The van der Waals surface area contributed by atoms with Crippen LogP contribution in [0.1, 0.15) is 41.4 Å². The molecular weight excluding hydrogens is 290 g/mol. The van der Waals surface area contributed by atoms with Crippen LogP contribution < -0.4 is 9.64 Å². The van der Waals surface area contributed by atoms with E-state index < -0.39 is 0 Å². The fourth-order valence-corrected chi connectivity index (χ4v) is 2.85. The van der Waals surface area contributed by atoms with Crippen LogP contribution in [0.5, 0.6) is 5.75 Å². The molecule has 3 rings (SSSR count). The summed E-state index contributed by atoms with van der Waals surface area (Å²) in [4.78, 5) is 14.8. The van der Waals surface area contributed by atoms with E-state index in [9.17, 15) is 4.79 Å². The predicted octanol–water partition coefficient (Wildman–Crippen LogP) is 3.34. The Balaban J connectivity index is 1.88. The molecule has 0 saturated carbocycles. The molecule has 1 aliphatic heterocycles. The van der Waals surface area contributed by atoms with Gasteiger partial charge in [-0.05, 0) is 38.0 Å². The Bertz CT molecular complexity index is 721. The van der Waals surface area contributed by atoms with E-state index in [1.165, 1.54) is 0 Å². The average molecular weight is 313 g/mol. The van der Waals surface area contributed by atoms with Crippen LogP contribution in [0.25, 0.3) is 0 Å². The van der Waals surface area contributed by atoms with Crippen LogP contribution >= 0.6 is 0 Å². The van der Waals surface area contributed by atoms with E-state index in [0.29, 0.717) is 18.7 Å². The molecule has 0 spiro atoms. The molecule has 1 aromatic carbocycles. The first-order chi connectivity index (χ1) is 11.1. The topological polar surface area (TPSA) is 47.4 Å². The van der Waals surface area contributed by atoms with Gasteiger partial charge in [-0.25, -0.2) is 0 Å². The summed E-state index contributed by atoms with van der Waals surface area (Å²) in [6.07, 6.45) is 4.05. The third-order valence-corrected chi connectivity index (χ3v) is 4.14. The Morgan fingerprint density at radius 2 is 2.17 bits per heavy atom. The van der Waals surface area contributed by atoms with Crippen molar-refractivity contribution in [3.8, 4) is 5.75 Å². The minimum absolute atomic E-state index is 0.00125. The van der Waals surface area contributed by atoms with E-state index in [1.807, 2.05) is 42.9 Å². The molecule has 1 aromatic heterocycles. The maximum atomic E-state index is 13.0. The fourth-order valence-electron chi connectivity index (χ4n) is 2.85. The number of ether oxygens (including phenoxy) is 1. The van der Waals surface area contributed by atoms with E-state index in [-0.39, 0.29) is 5.91 Å². The van der Waals surface area contributed by atoms with Crippen molar-refractivity contribution in [1.29, 1.82) is 0 Å². The molecule has 0 bridgehead atoms. The number of benzene rings is 1. The summed E-state index contributed by atoms with van der Waals surface area (Å²) in [5, 5.41) is 4.47. The summed E-state index contributed by atoms with van der Waals surface area (Å²) >= 11 is 0. The molecule has 0 atom stereocenters. The third kappa shape index (κ3) is 3.09. The number of carbonyl (C=O) groups excluding carboxylic acids is 1. The smallest absolute Gasteiger partial charge is 0.261 e. The first-order valence-electron chi connectivity index (χ1n) is 8.19. The standard InChI is InChI=1S/C18H23N3O2/c1-4-5-8-20-12-15(14(3)19-20)18(22)21-9-10-23-17-11-13(2)6-7-16(17)21/h6-7,11-12H,4-5,8-10H2,1-3H3. The van der Waals surface area contributed by atoms with Gasteiger partial charge in [0.25, 0.3) is 5.91 Å². The summed E-state index contributed by atoms with van der Waals surface area (Å²) in [5.74, 6) is 0.777. The predicted molar refractivity (Wildman–Crippen MR) is 90.2 cm³/mol. The van der Waals surface area contributed by atoms with E-state index in [1.54, 1.807) is 4.90 Å². The molecule has 0 unspecified atom stereocenters. The van der Waals surface area contributed by atoms with Crippen molar-refractivity contribution in [2.24, 2.45) is 0 Å². The number of nitrogens with zero attached hydrogens (tertiary/aromatic N) is 3. The second kappa shape index (κ2) is 6.44. The molecule has 1 aliphatic rings.